The van der Waals surface area contributed by atoms with Gasteiger partial charge in [0, 0.05) is 18.1 Å². The Labute approximate surface area is 89.3 Å². The van der Waals surface area contributed by atoms with Crippen LogP contribution in [0.1, 0.15) is 26.2 Å². The predicted octanol–water partition coefficient (Wildman–Crippen LogP) is 2.14. The Morgan fingerprint density at radius 3 is 2.73 bits per heavy atom. The van der Waals surface area contributed by atoms with Crippen molar-refractivity contribution in [2.24, 2.45) is 0 Å². The van der Waals surface area contributed by atoms with Crippen molar-refractivity contribution in [2.45, 2.75) is 32.2 Å². The maximum atomic E-state index is 10.9. The third-order valence-electron chi connectivity index (χ3n) is 2.17. The molecular weight excluding hydrogens is 192 g/mol. The number of nitrogens with zero attached hydrogens (tertiary/aromatic N) is 1. The van der Waals surface area contributed by atoms with Crippen molar-refractivity contribution >= 4 is 11.7 Å². The maximum Gasteiger partial charge on any atom is 0.326 e. The number of hydrogen-bond acceptors (Lipinski definition) is 3. The highest BCUT2D eigenvalue weighted by molar-refractivity contribution is 5.77. The molecule has 1 heterocycles. The van der Waals surface area contributed by atoms with Crippen molar-refractivity contribution in [2.75, 3.05) is 5.32 Å². The average molecular weight is 208 g/mol. The molecule has 0 radical (unpaired) electrons. The van der Waals surface area contributed by atoms with Crippen LogP contribution in [0.3, 0.4) is 0 Å². The zero-order valence-corrected chi connectivity index (χ0v) is 8.81. The maximum absolute atomic E-state index is 10.9. The number of hydrogen-bond donors (Lipinski definition) is 2. The third kappa shape index (κ3) is 3.97. The fraction of sp³-hybridized carbons (Fsp3) is 0.455. The van der Waals surface area contributed by atoms with Crippen molar-refractivity contribution in [3.05, 3.63) is 24.5 Å². The van der Waals surface area contributed by atoms with E-state index in [0.29, 0.717) is 6.42 Å². The summed E-state index contributed by atoms with van der Waals surface area (Å²) in [7, 11) is 0. The van der Waals surface area contributed by atoms with Gasteiger partial charge in [0.15, 0.2) is 0 Å². The van der Waals surface area contributed by atoms with E-state index in [1.54, 1.807) is 24.5 Å². The molecule has 0 bridgehead atoms. The van der Waals surface area contributed by atoms with Gasteiger partial charge in [0.25, 0.3) is 0 Å². The van der Waals surface area contributed by atoms with Crippen LogP contribution in [0.25, 0.3) is 0 Å². The molecule has 2 N–H and O–H groups in total. The van der Waals surface area contributed by atoms with E-state index in [4.69, 9.17) is 5.11 Å². The first-order chi connectivity index (χ1) is 7.24. The monoisotopic (exact) mass is 208 g/mol. The van der Waals surface area contributed by atoms with E-state index in [1.807, 2.05) is 6.92 Å². The molecule has 0 spiro atoms. The van der Waals surface area contributed by atoms with E-state index in [2.05, 4.69) is 10.3 Å². The molecule has 1 unspecified atom stereocenters. The molecule has 0 aliphatic carbocycles. The zero-order chi connectivity index (χ0) is 11.1. The van der Waals surface area contributed by atoms with Gasteiger partial charge >= 0.3 is 5.97 Å². The Morgan fingerprint density at radius 1 is 1.53 bits per heavy atom. The average Bonchev–Trinajstić information content (AvgIpc) is 2.25. The molecule has 82 valence electrons. The molecule has 0 saturated carbocycles. The van der Waals surface area contributed by atoms with Crippen LogP contribution >= 0.6 is 0 Å². The predicted molar refractivity (Wildman–Crippen MR) is 58.8 cm³/mol. The molecule has 0 fully saturated rings. The summed E-state index contributed by atoms with van der Waals surface area (Å²) in [4.78, 5) is 14.8. The van der Waals surface area contributed by atoms with Crippen LogP contribution in [0.4, 0.5) is 5.69 Å². The Bertz CT molecular complexity index is 301. The number of aliphatic carboxylic acids is 1. The SMILES string of the molecule is CCCCC(Nc1ccncc1)C(=O)O. The molecular formula is C11H16N2O2. The molecule has 1 aromatic rings. The van der Waals surface area contributed by atoms with E-state index >= 15 is 0 Å². The Balaban J connectivity index is 2.55. The number of unbranched alkanes of at least 4 members (excludes halogenated alkanes) is 1. The molecule has 0 amide bonds. The highest BCUT2D eigenvalue weighted by atomic mass is 16.4. The normalized spacial score (nSPS) is 12.1. The number of rotatable bonds is 6. The smallest absolute Gasteiger partial charge is 0.326 e. The van der Waals surface area contributed by atoms with Crippen LogP contribution in [0.5, 0.6) is 0 Å². The summed E-state index contributed by atoms with van der Waals surface area (Å²) in [5.41, 5.74) is 0.800. The number of anilines is 1. The van der Waals surface area contributed by atoms with Crippen LogP contribution in [-0.4, -0.2) is 22.1 Å². The largest absolute Gasteiger partial charge is 0.480 e. The lowest BCUT2D eigenvalue weighted by atomic mass is 10.1. The molecule has 1 aromatic heterocycles. The summed E-state index contributed by atoms with van der Waals surface area (Å²) in [6, 6.07) is 3.02. The highest BCUT2D eigenvalue weighted by Crippen LogP contribution is 2.10. The molecule has 1 rings (SSSR count). The van der Waals surface area contributed by atoms with Crippen molar-refractivity contribution < 1.29 is 9.90 Å². The van der Waals surface area contributed by atoms with Crippen LogP contribution in [0, 0.1) is 0 Å². The van der Waals surface area contributed by atoms with E-state index in [1.165, 1.54) is 0 Å². The van der Waals surface area contributed by atoms with E-state index in [-0.39, 0.29) is 0 Å². The summed E-state index contributed by atoms with van der Waals surface area (Å²) >= 11 is 0. The molecule has 0 saturated heterocycles. The van der Waals surface area contributed by atoms with Gasteiger partial charge in [-0.3, -0.25) is 4.98 Å². The minimum atomic E-state index is -0.805. The molecule has 4 nitrogen and oxygen atoms in total. The molecule has 0 aliphatic rings. The molecule has 1 atom stereocenters. The van der Waals surface area contributed by atoms with Gasteiger partial charge in [-0.2, -0.15) is 0 Å². The molecule has 4 heteroatoms. The van der Waals surface area contributed by atoms with E-state index in [0.717, 1.165) is 18.5 Å². The minimum Gasteiger partial charge on any atom is -0.480 e. The fourth-order valence-electron chi connectivity index (χ4n) is 1.31. The zero-order valence-electron chi connectivity index (χ0n) is 8.81. The minimum absolute atomic E-state index is 0.507. The molecule has 0 aliphatic heterocycles. The first-order valence-electron chi connectivity index (χ1n) is 5.13. The van der Waals surface area contributed by atoms with Crippen LogP contribution in [0.2, 0.25) is 0 Å². The summed E-state index contributed by atoms with van der Waals surface area (Å²) in [5.74, 6) is -0.805. The Kier molecular flexibility index (Phi) is 4.60. The fourth-order valence-corrected chi connectivity index (χ4v) is 1.31. The van der Waals surface area contributed by atoms with Gasteiger partial charge in [-0.25, -0.2) is 4.79 Å². The Hall–Kier alpha value is -1.58. The quantitative estimate of drug-likeness (QED) is 0.751. The summed E-state index contributed by atoms with van der Waals surface area (Å²) in [5, 5.41) is 12.0. The second-order valence-electron chi connectivity index (χ2n) is 3.41. The van der Waals surface area contributed by atoms with Crippen molar-refractivity contribution in [1.82, 2.24) is 4.98 Å². The van der Waals surface area contributed by atoms with E-state index < -0.39 is 12.0 Å². The second kappa shape index (κ2) is 6.01. The van der Waals surface area contributed by atoms with Crippen LogP contribution in [-0.2, 0) is 4.79 Å². The summed E-state index contributed by atoms with van der Waals surface area (Å²) in [6.07, 6.45) is 5.84. The number of carbonyl (C=O) groups is 1. The van der Waals surface area contributed by atoms with E-state index in [9.17, 15) is 4.79 Å². The lowest BCUT2D eigenvalue weighted by Crippen LogP contribution is -2.29. The van der Waals surface area contributed by atoms with Gasteiger partial charge < -0.3 is 10.4 Å². The van der Waals surface area contributed by atoms with Gasteiger partial charge in [0.05, 0.1) is 0 Å². The van der Waals surface area contributed by atoms with Gasteiger partial charge in [-0.1, -0.05) is 19.8 Å². The highest BCUT2D eigenvalue weighted by Gasteiger charge is 2.15. The third-order valence-corrected chi connectivity index (χ3v) is 2.17. The van der Waals surface area contributed by atoms with Crippen molar-refractivity contribution in [1.29, 1.82) is 0 Å². The Morgan fingerprint density at radius 2 is 2.20 bits per heavy atom. The first-order valence-corrected chi connectivity index (χ1v) is 5.13. The lowest BCUT2D eigenvalue weighted by Gasteiger charge is -2.14. The number of carboxylic acids is 1. The number of carboxylic acid groups (broad SMARTS) is 1. The van der Waals surface area contributed by atoms with Crippen molar-refractivity contribution in [3.8, 4) is 0 Å². The second-order valence-corrected chi connectivity index (χ2v) is 3.41. The summed E-state index contributed by atoms with van der Waals surface area (Å²) in [6.45, 7) is 2.05. The van der Waals surface area contributed by atoms with Gasteiger partial charge in [0.2, 0.25) is 0 Å². The number of nitrogens with one attached hydrogen (secondary N) is 1. The number of pyridine rings is 1. The lowest BCUT2D eigenvalue weighted by molar-refractivity contribution is -0.138. The molecule has 15 heavy (non-hydrogen) atoms. The van der Waals surface area contributed by atoms with Gasteiger partial charge in [-0.05, 0) is 18.6 Å². The van der Waals surface area contributed by atoms with Crippen LogP contribution < -0.4 is 5.32 Å². The number of aromatic nitrogens is 1. The van der Waals surface area contributed by atoms with Gasteiger partial charge in [-0.15, -0.1) is 0 Å². The van der Waals surface area contributed by atoms with Crippen LogP contribution in [0.15, 0.2) is 24.5 Å². The standard InChI is InChI=1S/C11H16N2O2/c1-2-3-4-10(11(14)15)13-9-5-7-12-8-6-9/h5-8,10H,2-4H2,1H3,(H,12,13)(H,14,15). The first kappa shape index (κ1) is 11.5. The van der Waals surface area contributed by atoms with Crippen molar-refractivity contribution in [3.63, 3.8) is 0 Å². The summed E-state index contributed by atoms with van der Waals surface area (Å²) < 4.78 is 0. The topological polar surface area (TPSA) is 62.2 Å². The van der Waals surface area contributed by atoms with Gasteiger partial charge in [0.1, 0.15) is 6.04 Å². The molecule has 0 aromatic carbocycles.